The number of rotatable bonds is 3. The number of hydrogen-bond donors (Lipinski definition) is 1. The van der Waals surface area contributed by atoms with Gasteiger partial charge in [0.05, 0.1) is 13.2 Å². The molecule has 0 aliphatic carbocycles. The van der Waals surface area contributed by atoms with Crippen molar-refractivity contribution in [2.45, 2.75) is 19.4 Å². The first-order valence-corrected chi connectivity index (χ1v) is 3.66. The molecule has 0 aromatic carbocycles. The van der Waals surface area contributed by atoms with Crippen molar-refractivity contribution in [3.8, 4) is 5.75 Å². The molecule has 0 amide bonds. The molecule has 3 heteroatoms. The van der Waals surface area contributed by atoms with Crippen LogP contribution in [0.3, 0.4) is 0 Å². The second kappa shape index (κ2) is 3.44. The molecule has 1 aromatic rings. The average molecular weight is 155 g/mol. The second-order valence-corrected chi connectivity index (χ2v) is 2.40. The van der Waals surface area contributed by atoms with Crippen molar-refractivity contribution in [2.24, 2.45) is 5.73 Å². The number of methoxy groups -OCH3 is 1. The molecule has 0 radical (unpaired) electrons. The standard InChI is InChI=1S/C8H13NO2/c1-3-7(9)8-4-6(10-2)5-11-8/h4-5,7H,3,9H2,1-2H3. The first kappa shape index (κ1) is 8.14. The Hall–Kier alpha value is -0.960. The van der Waals surface area contributed by atoms with E-state index in [1.165, 1.54) is 0 Å². The van der Waals surface area contributed by atoms with Crippen LogP contribution in [0.4, 0.5) is 0 Å². The van der Waals surface area contributed by atoms with Crippen LogP contribution in [-0.2, 0) is 0 Å². The molecule has 0 fully saturated rings. The van der Waals surface area contributed by atoms with Crippen molar-refractivity contribution in [1.29, 1.82) is 0 Å². The first-order valence-electron chi connectivity index (χ1n) is 3.66. The minimum Gasteiger partial charge on any atom is -0.493 e. The predicted molar refractivity (Wildman–Crippen MR) is 42.5 cm³/mol. The van der Waals surface area contributed by atoms with Crippen LogP contribution in [0.25, 0.3) is 0 Å². The molecule has 1 atom stereocenters. The Kier molecular flexibility index (Phi) is 2.54. The molecular weight excluding hydrogens is 142 g/mol. The Labute approximate surface area is 66.1 Å². The van der Waals surface area contributed by atoms with Gasteiger partial charge in [0.2, 0.25) is 0 Å². The Balaban J connectivity index is 2.71. The molecule has 1 aromatic heterocycles. The van der Waals surface area contributed by atoms with Crippen molar-refractivity contribution in [1.82, 2.24) is 0 Å². The smallest absolute Gasteiger partial charge is 0.157 e. The van der Waals surface area contributed by atoms with E-state index >= 15 is 0 Å². The fourth-order valence-electron chi connectivity index (χ4n) is 0.837. The quantitative estimate of drug-likeness (QED) is 0.722. The van der Waals surface area contributed by atoms with Gasteiger partial charge in [-0.25, -0.2) is 0 Å². The van der Waals surface area contributed by atoms with E-state index in [0.29, 0.717) is 0 Å². The van der Waals surface area contributed by atoms with Gasteiger partial charge in [0.25, 0.3) is 0 Å². The molecule has 3 nitrogen and oxygen atoms in total. The maximum atomic E-state index is 5.71. The SMILES string of the molecule is CCC(N)c1cc(OC)co1. The third kappa shape index (κ3) is 1.74. The summed E-state index contributed by atoms with van der Waals surface area (Å²) in [5.74, 6) is 1.51. The molecule has 0 aliphatic rings. The van der Waals surface area contributed by atoms with Crippen LogP contribution in [0.5, 0.6) is 5.75 Å². The lowest BCUT2D eigenvalue weighted by molar-refractivity contribution is 0.401. The molecule has 2 N–H and O–H groups in total. The number of ether oxygens (including phenoxy) is 1. The number of furan rings is 1. The van der Waals surface area contributed by atoms with Crippen LogP contribution in [0.1, 0.15) is 25.1 Å². The Morgan fingerprint density at radius 2 is 2.45 bits per heavy atom. The minimum atomic E-state index is -0.0149. The molecule has 0 spiro atoms. The lowest BCUT2D eigenvalue weighted by Crippen LogP contribution is -2.06. The fraction of sp³-hybridized carbons (Fsp3) is 0.500. The monoisotopic (exact) mass is 155 g/mol. The summed E-state index contributed by atoms with van der Waals surface area (Å²) in [6.45, 7) is 2.01. The van der Waals surface area contributed by atoms with Crippen molar-refractivity contribution < 1.29 is 9.15 Å². The zero-order valence-electron chi connectivity index (χ0n) is 6.83. The zero-order valence-corrected chi connectivity index (χ0v) is 6.83. The van der Waals surface area contributed by atoms with Gasteiger partial charge in [0.1, 0.15) is 12.0 Å². The van der Waals surface area contributed by atoms with E-state index in [9.17, 15) is 0 Å². The second-order valence-electron chi connectivity index (χ2n) is 2.40. The summed E-state index contributed by atoms with van der Waals surface area (Å²) in [6.07, 6.45) is 2.43. The molecule has 0 bridgehead atoms. The highest BCUT2D eigenvalue weighted by molar-refractivity contribution is 5.20. The number of nitrogens with two attached hydrogens (primary N) is 1. The van der Waals surface area contributed by atoms with Gasteiger partial charge < -0.3 is 14.9 Å². The fourth-order valence-corrected chi connectivity index (χ4v) is 0.837. The third-order valence-electron chi connectivity index (χ3n) is 1.64. The van der Waals surface area contributed by atoms with E-state index in [2.05, 4.69) is 0 Å². The third-order valence-corrected chi connectivity index (χ3v) is 1.64. The van der Waals surface area contributed by atoms with Crippen LogP contribution >= 0.6 is 0 Å². The molecule has 1 rings (SSSR count). The summed E-state index contributed by atoms with van der Waals surface area (Å²) < 4.78 is 10.1. The molecule has 11 heavy (non-hydrogen) atoms. The Morgan fingerprint density at radius 1 is 1.73 bits per heavy atom. The normalized spacial score (nSPS) is 13.0. The summed E-state index contributed by atoms with van der Waals surface area (Å²) >= 11 is 0. The topological polar surface area (TPSA) is 48.4 Å². The van der Waals surface area contributed by atoms with Gasteiger partial charge in [0, 0.05) is 6.07 Å². The van der Waals surface area contributed by atoms with Crippen molar-refractivity contribution in [3.05, 3.63) is 18.1 Å². The summed E-state index contributed by atoms with van der Waals surface area (Å²) in [4.78, 5) is 0. The van der Waals surface area contributed by atoms with Crippen molar-refractivity contribution in [3.63, 3.8) is 0 Å². The van der Waals surface area contributed by atoms with Crippen LogP contribution in [-0.4, -0.2) is 7.11 Å². The summed E-state index contributed by atoms with van der Waals surface area (Å²) in [6, 6.07) is 1.80. The van der Waals surface area contributed by atoms with Crippen molar-refractivity contribution >= 4 is 0 Å². The van der Waals surface area contributed by atoms with Gasteiger partial charge in [0.15, 0.2) is 5.75 Å². The molecule has 0 aliphatic heterocycles. The highest BCUT2D eigenvalue weighted by atomic mass is 16.5. The van der Waals surface area contributed by atoms with Gasteiger partial charge >= 0.3 is 0 Å². The van der Waals surface area contributed by atoms with E-state index < -0.39 is 0 Å². The summed E-state index contributed by atoms with van der Waals surface area (Å²) in [7, 11) is 1.60. The zero-order chi connectivity index (χ0) is 8.27. The van der Waals surface area contributed by atoms with Crippen LogP contribution < -0.4 is 10.5 Å². The predicted octanol–water partition coefficient (Wildman–Crippen LogP) is 1.70. The molecule has 0 saturated carbocycles. The lowest BCUT2D eigenvalue weighted by Gasteiger charge is -2.01. The molecule has 62 valence electrons. The van der Waals surface area contributed by atoms with E-state index in [0.717, 1.165) is 17.9 Å². The highest BCUT2D eigenvalue weighted by Crippen LogP contribution is 2.21. The molecule has 1 unspecified atom stereocenters. The number of hydrogen-bond acceptors (Lipinski definition) is 3. The molecule has 0 saturated heterocycles. The van der Waals surface area contributed by atoms with Crippen LogP contribution in [0.2, 0.25) is 0 Å². The highest BCUT2D eigenvalue weighted by Gasteiger charge is 2.08. The van der Waals surface area contributed by atoms with Crippen LogP contribution in [0.15, 0.2) is 16.7 Å². The summed E-state index contributed by atoms with van der Waals surface area (Å²) in [5.41, 5.74) is 5.71. The van der Waals surface area contributed by atoms with Gasteiger partial charge in [-0.15, -0.1) is 0 Å². The van der Waals surface area contributed by atoms with Crippen LogP contribution in [0, 0.1) is 0 Å². The van der Waals surface area contributed by atoms with E-state index in [4.69, 9.17) is 14.9 Å². The van der Waals surface area contributed by atoms with Gasteiger partial charge in [-0.05, 0) is 6.42 Å². The minimum absolute atomic E-state index is 0.0149. The van der Waals surface area contributed by atoms with Gasteiger partial charge in [-0.3, -0.25) is 0 Å². The van der Waals surface area contributed by atoms with Gasteiger partial charge in [-0.1, -0.05) is 6.92 Å². The maximum absolute atomic E-state index is 5.71. The molecular formula is C8H13NO2. The van der Waals surface area contributed by atoms with E-state index in [-0.39, 0.29) is 6.04 Å². The first-order chi connectivity index (χ1) is 5.27. The van der Waals surface area contributed by atoms with E-state index in [1.807, 2.05) is 13.0 Å². The van der Waals surface area contributed by atoms with Crippen molar-refractivity contribution in [2.75, 3.05) is 7.11 Å². The molecule has 1 heterocycles. The lowest BCUT2D eigenvalue weighted by atomic mass is 10.2. The average Bonchev–Trinajstić information content (AvgIpc) is 2.50. The maximum Gasteiger partial charge on any atom is 0.157 e. The largest absolute Gasteiger partial charge is 0.493 e. The van der Waals surface area contributed by atoms with E-state index in [1.54, 1.807) is 13.4 Å². The summed E-state index contributed by atoms with van der Waals surface area (Å²) in [5, 5.41) is 0. The Morgan fingerprint density at radius 3 is 2.91 bits per heavy atom. The Bertz CT molecular complexity index is 220. The van der Waals surface area contributed by atoms with Gasteiger partial charge in [-0.2, -0.15) is 0 Å².